The Morgan fingerprint density at radius 1 is 1.04 bits per heavy atom. The lowest BCUT2D eigenvalue weighted by molar-refractivity contribution is 0.415. The number of rotatable bonds is 5. The number of aromatic nitrogens is 3. The van der Waals surface area contributed by atoms with Crippen LogP contribution in [-0.2, 0) is 6.42 Å². The topological polar surface area (TPSA) is 59.4 Å². The molecule has 2 aromatic heterocycles. The first-order valence-corrected chi connectivity index (χ1v) is 9.05. The van der Waals surface area contributed by atoms with Gasteiger partial charge in [0, 0.05) is 22.9 Å². The molecule has 0 fully saturated rings. The van der Waals surface area contributed by atoms with Crippen molar-refractivity contribution in [2.24, 2.45) is 0 Å². The molecule has 0 aliphatic rings. The number of ether oxygens (including phenoxy) is 1. The van der Waals surface area contributed by atoms with E-state index in [-0.39, 0.29) is 5.56 Å². The Bertz CT molecular complexity index is 1130. The molecule has 0 bridgehead atoms. The van der Waals surface area contributed by atoms with Crippen LogP contribution in [0.25, 0.3) is 28.0 Å². The average Bonchev–Trinajstić information content (AvgIpc) is 3.07. The zero-order valence-electron chi connectivity index (χ0n) is 15.4. The smallest absolute Gasteiger partial charge is 0.273 e. The fourth-order valence-corrected chi connectivity index (χ4v) is 3.33. The van der Waals surface area contributed by atoms with Crippen molar-refractivity contribution in [2.45, 2.75) is 19.8 Å². The van der Waals surface area contributed by atoms with Crippen LogP contribution in [0, 0.1) is 0 Å². The maximum absolute atomic E-state index is 12.8. The third-order valence-electron chi connectivity index (χ3n) is 4.64. The van der Waals surface area contributed by atoms with E-state index in [0.717, 1.165) is 41.0 Å². The van der Waals surface area contributed by atoms with Gasteiger partial charge < -0.3 is 4.74 Å². The van der Waals surface area contributed by atoms with Crippen LogP contribution in [0.15, 0.2) is 65.5 Å². The largest absolute Gasteiger partial charge is 0.497 e. The van der Waals surface area contributed by atoms with E-state index >= 15 is 0 Å². The number of nitrogens with one attached hydrogen (secondary N) is 1. The van der Waals surface area contributed by atoms with Crippen molar-refractivity contribution in [3.63, 3.8) is 0 Å². The molecule has 27 heavy (non-hydrogen) atoms. The van der Waals surface area contributed by atoms with Crippen molar-refractivity contribution in [1.82, 2.24) is 14.6 Å². The summed E-state index contributed by atoms with van der Waals surface area (Å²) >= 11 is 0. The van der Waals surface area contributed by atoms with Gasteiger partial charge in [0.1, 0.15) is 5.75 Å². The fraction of sp³-hybridized carbons (Fsp3) is 0.182. The summed E-state index contributed by atoms with van der Waals surface area (Å²) in [4.78, 5) is 17.6. The van der Waals surface area contributed by atoms with Crippen LogP contribution in [0.3, 0.4) is 0 Å². The van der Waals surface area contributed by atoms with Crippen LogP contribution >= 0.6 is 0 Å². The lowest BCUT2D eigenvalue weighted by atomic mass is 10.0. The number of hydrogen-bond acceptors (Lipinski definition) is 3. The van der Waals surface area contributed by atoms with Crippen LogP contribution in [-0.4, -0.2) is 21.7 Å². The SMILES string of the molecule is CCCc1[nH]n2c(=O)cc(-c3ccc(OC)cc3)nc2c1-c1ccccc1. The third kappa shape index (κ3) is 3.12. The van der Waals surface area contributed by atoms with Gasteiger partial charge in [-0.05, 0) is 36.2 Å². The summed E-state index contributed by atoms with van der Waals surface area (Å²) in [6, 6.07) is 19.2. The van der Waals surface area contributed by atoms with Gasteiger partial charge in [0.2, 0.25) is 0 Å². The Balaban J connectivity index is 1.95. The van der Waals surface area contributed by atoms with Crippen molar-refractivity contribution in [1.29, 1.82) is 0 Å². The van der Waals surface area contributed by atoms with Gasteiger partial charge in [0.15, 0.2) is 5.65 Å². The standard InChI is InChI=1S/C22H21N3O2/c1-3-7-18-21(16-8-5-4-6-9-16)22-23-19(14-20(26)25(22)24-18)15-10-12-17(27-2)13-11-15/h4-6,8-14,24H,3,7H2,1-2H3. The minimum atomic E-state index is -0.120. The second-order valence-electron chi connectivity index (χ2n) is 6.45. The molecule has 0 unspecified atom stereocenters. The highest BCUT2D eigenvalue weighted by Gasteiger charge is 2.17. The molecule has 2 aromatic carbocycles. The van der Waals surface area contributed by atoms with Crippen molar-refractivity contribution in [3.05, 3.63) is 76.7 Å². The lowest BCUT2D eigenvalue weighted by Gasteiger charge is -2.05. The highest BCUT2D eigenvalue weighted by molar-refractivity contribution is 5.81. The fourth-order valence-electron chi connectivity index (χ4n) is 3.33. The van der Waals surface area contributed by atoms with Gasteiger partial charge >= 0.3 is 0 Å². The number of hydrogen-bond donors (Lipinski definition) is 1. The van der Waals surface area contributed by atoms with Crippen LogP contribution in [0.2, 0.25) is 0 Å². The Morgan fingerprint density at radius 2 is 1.78 bits per heavy atom. The first-order valence-electron chi connectivity index (χ1n) is 9.05. The highest BCUT2D eigenvalue weighted by atomic mass is 16.5. The first-order chi connectivity index (χ1) is 13.2. The molecule has 5 nitrogen and oxygen atoms in total. The molecule has 0 aliphatic carbocycles. The van der Waals surface area contributed by atoms with Crippen LogP contribution in [0.4, 0.5) is 0 Å². The summed E-state index contributed by atoms with van der Waals surface area (Å²) in [7, 11) is 1.63. The van der Waals surface area contributed by atoms with Gasteiger partial charge in [-0.2, -0.15) is 0 Å². The number of aryl methyl sites for hydroxylation is 1. The van der Waals surface area contributed by atoms with Gasteiger partial charge in [-0.25, -0.2) is 9.50 Å². The molecule has 2 heterocycles. The van der Waals surface area contributed by atoms with E-state index in [9.17, 15) is 4.79 Å². The molecule has 4 rings (SSSR count). The number of benzene rings is 2. The molecule has 1 N–H and O–H groups in total. The number of nitrogens with zero attached hydrogens (tertiary/aromatic N) is 2. The van der Waals surface area contributed by atoms with Gasteiger partial charge in [0.05, 0.1) is 12.8 Å². The molecule has 0 aliphatic heterocycles. The number of fused-ring (bicyclic) bond motifs is 1. The van der Waals surface area contributed by atoms with Gasteiger partial charge in [-0.15, -0.1) is 0 Å². The van der Waals surface area contributed by atoms with Gasteiger partial charge in [0.25, 0.3) is 5.56 Å². The van der Waals surface area contributed by atoms with E-state index in [1.54, 1.807) is 17.7 Å². The van der Waals surface area contributed by atoms with Gasteiger partial charge in [-0.3, -0.25) is 9.89 Å². The van der Waals surface area contributed by atoms with E-state index in [0.29, 0.717) is 11.3 Å². The normalized spacial score (nSPS) is 11.0. The van der Waals surface area contributed by atoms with Gasteiger partial charge in [-0.1, -0.05) is 43.7 Å². The Hall–Kier alpha value is -3.34. The number of methoxy groups -OCH3 is 1. The zero-order valence-corrected chi connectivity index (χ0v) is 15.4. The van der Waals surface area contributed by atoms with Crippen molar-refractivity contribution < 1.29 is 4.74 Å². The summed E-state index contributed by atoms with van der Waals surface area (Å²) < 4.78 is 6.76. The predicted molar refractivity (Wildman–Crippen MR) is 107 cm³/mol. The van der Waals surface area contributed by atoms with Crippen molar-refractivity contribution in [3.8, 4) is 28.1 Å². The van der Waals surface area contributed by atoms with E-state index < -0.39 is 0 Å². The lowest BCUT2D eigenvalue weighted by Crippen LogP contribution is -2.14. The summed E-state index contributed by atoms with van der Waals surface area (Å²) in [5.41, 5.74) is 5.14. The highest BCUT2D eigenvalue weighted by Crippen LogP contribution is 2.29. The molecule has 4 aromatic rings. The number of aromatic amines is 1. The first kappa shape index (κ1) is 17.1. The second kappa shape index (κ2) is 7.11. The quantitative estimate of drug-likeness (QED) is 0.577. The summed E-state index contributed by atoms with van der Waals surface area (Å²) in [6.07, 6.45) is 1.83. The minimum Gasteiger partial charge on any atom is -0.497 e. The van der Waals surface area contributed by atoms with Crippen LogP contribution < -0.4 is 10.3 Å². The molecule has 5 heteroatoms. The zero-order chi connectivity index (χ0) is 18.8. The molecule has 136 valence electrons. The Labute approximate surface area is 157 Å². The average molecular weight is 359 g/mol. The van der Waals surface area contributed by atoms with E-state index in [4.69, 9.17) is 9.72 Å². The number of H-pyrrole nitrogens is 1. The monoisotopic (exact) mass is 359 g/mol. The maximum Gasteiger partial charge on any atom is 0.273 e. The van der Waals surface area contributed by atoms with Crippen molar-refractivity contribution in [2.75, 3.05) is 7.11 Å². The van der Waals surface area contributed by atoms with Crippen LogP contribution in [0.1, 0.15) is 19.0 Å². The molecule has 0 radical (unpaired) electrons. The maximum atomic E-state index is 12.8. The Kier molecular flexibility index (Phi) is 4.50. The molecule has 0 saturated carbocycles. The van der Waals surface area contributed by atoms with E-state index in [1.807, 2.05) is 42.5 Å². The second-order valence-corrected chi connectivity index (χ2v) is 6.45. The van der Waals surface area contributed by atoms with Crippen LogP contribution in [0.5, 0.6) is 5.75 Å². The molecule has 0 spiro atoms. The molecular weight excluding hydrogens is 338 g/mol. The minimum absolute atomic E-state index is 0.120. The van der Waals surface area contributed by atoms with E-state index in [2.05, 4.69) is 24.2 Å². The summed E-state index contributed by atoms with van der Waals surface area (Å²) in [6.45, 7) is 2.12. The Morgan fingerprint density at radius 3 is 2.44 bits per heavy atom. The molecule has 0 amide bonds. The molecule has 0 atom stereocenters. The third-order valence-corrected chi connectivity index (χ3v) is 4.64. The molecular formula is C22H21N3O2. The predicted octanol–water partition coefficient (Wildman–Crippen LogP) is 4.32. The molecule has 0 saturated heterocycles. The van der Waals surface area contributed by atoms with E-state index in [1.165, 1.54) is 0 Å². The summed E-state index contributed by atoms with van der Waals surface area (Å²) in [5.74, 6) is 0.772. The van der Waals surface area contributed by atoms with Crippen molar-refractivity contribution >= 4 is 5.65 Å². The summed E-state index contributed by atoms with van der Waals surface area (Å²) in [5, 5.41) is 3.25.